The maximum absolute atomic E-state index is 12.7. The van der Waals surface area contributed by atoms with Crippen molar-refractivity contribution in [3.8, 4) is 0 Å². The van der Waals surface area contributed by atoms with Gasteiger partial charge in [0.1, 0.15) is 0 Å². The molecule has 30 heavy (non-hydrogen) atoms. The van der Waals surface area contributed by atoms with E-state index >= 15 is 0 Å². The zero-order valence-electron chi connectivity index (χ0n) is 16.7. The minimum Gasteiger partial charge on any atom is -0.455 e. The normalized spacial score (nSPS) is 14.6. The van der Waals surface area contributed by atoms with Crippen molar-refractivity contribution in [3.05, 3.63) is 70.7 Å². The van der Waals surface area contributed by atoms with Gasteiger partial charge in [0.05, 0.1) is 23.0 Å². The molecule has 2 aromatic carbocycles. The molecule has 0 radical (unpaired) electrons. The van der Waals surface area contributed by atoms with Crippen molar-refractivity contribution in [1.82, 2.24) is 10.2 Å². The monoisotopic (exact) mass is 428 g/mol. The number of esters is 1. The molecule has 1 aliphatic rings. The molecular formula is C23H25ClN2O4. The van der Waals surface area contributed by atoms with Gasteiger partial charge in [0.15, 0.2) is 6.61 Å². The summed E-state index contributed by atoms with van der Waals surface area (Å²) >= 11 is 6.12. The number of hydrogen-bond donors (Lipinski definition) is 1. The lowest BCUT2D eigenvalue weighted by atomic mass is 10.0. The SMILES string of the molecule is O=C(CC(NC(=O)c1ccccc1Cl)c1ccccc1)OCC(=O)N1CCCCC1. The molecule has 6 nitrogen and oxygen atoms in total. The Kier molecular flexibility index (Phi) is 7.85. The fourth-order valence-corrected chi connectivity index (χ4v) is 3.64. The quantitative estimate of drug-likeness (QED) is 0.681. The first kappa shape index (κ1) is 21.8. The zero-order valence-corrected chi connectivity index (χ0v) is 17.4. The fourth-order valence-electron chi connectivity index (χ4n) is 3.42. The number of ether oxygens (including phenoxy) is 1. The number of rotatable bonds is 7. The third-order valence-electron chi connectivity index (χ3n) is 5.06. The average Bonchev–Trinajstić information content (AvgIpc) is 2.78. The molecule has 0 saturated carbocycles. The van der Waals surface area contributed by atoms with Gasteiger partial charge in [0, 0.05) is 13.1 Å². The summed E-state index contributed by atoms with van der Waals surface area (Å²) in [6.45, 7) is 1.13. The number of carbonyl (C=O) groups is 3. The Hall–Kier alpha value is -2.86. The molecule has 0 aliphatic carbocycles. The maximum Gasteiger partial charge on any atom is 0.308 e. The van der Waals surface area contributed by atoms with E-state index in [1.54, 1.807) is 29.2 Å². The highest BCUT2D eigenvalue weighted by Crippen LogP contribution is 2.21. The van der Waals surface area contributed by atoms with Gasteiger partial charge in [-0.2, -0.15) is 0 Å². The molecular weight excluding hydrogens is 404 g/mol. The van der Waals surface area contributed by atoms with Crippen molar-refractivity contribution < 1.29 is 19.1 Å². The van der Waals surface area contributed by atoms with Gasteiger partial charge in [-0.25, -0.2) is 0 Å². The highest BCUT2D eigenvalue weighted by molar-refractivity contribution is 6.33. The summed E-state index contributed by atoms with van der Waals surface area (Å²) in [5, 5.41) is 3.18. The van der Waals surface area contributed by atoms with Gasteiger partial charge in [-0.05, 0) is 37.0 Å². The zero-order chi connectivity index (χ0) is 21.3. The van der Waals surface area contributed by atoms with Crippen LogP contribution in [0.2, 0.25) is 5.02 Å². The summed E-state index contributed by atoms with van der Waals surface area (Å²) in [5.41, 5.74) is 1.09. The smallest absolute Gasteiger partial charge is 0.308 e. The molecule has 0 bridgehead atoms. The number of benzene rings is 2. The Labute approximate surface area is 181 Å². The molecule has 1 saturated heterocycles. The Bertz CT molecular complexity index is 882. The lowest BCUT2D eigenvalue weighted by Gasteiger charge is -2.26. The Morgan fingerprint density at radius 3 is 2.33 bits per heavy atom. The number of piperidine rings is 1. The molecule has 158 valence electrons. The van der Waals surface area contributed by atoms with Gasteiger partial charge < -0.3 is 15.0 Å². The van der Waals surface area contributed by atoms with Crippen molar-refractivity contribution >= 4 is 29.4 Å². The van der Waals surface area contributed by atoms with Crippen molar-refractivity contribution in [2.45, 2.75) is 31.7 Å². The second-order valence-electron chi connectivity index (χ2n) is 7.22. The number of hydrogen-bond acceptors (Lipinski definition) is 4. The number of amides is 2. The van der Waals surface area contributed by atoms with Crippen LogP contribution in [0.15, 0.2) is 54.6 Å². The first-order valence-electron chi connectivity index (χ1n) is 10.1. The van der Waals surface area contributed by atoms with Crippen LogP contribution in [0.4, 0.5) is 0 Å². The van der Waals surface area contributed by atoms with Crippen LogP contribution in [0.3, 0.4) is 0 Å². The summed E-state index contributed by atoms with van der Waals surface area (Å²) in [6.07, 6.45) is 2.98. The molecule has 1 N–H and O–H groups in total. The van der Waals surface area contributed by atoms with E-state index in [-0.39, 0.29) is 24.8 Å². The molecule has 1 atom stereocenters. The predicted octanol–water partition coefficient (Wildman–Crippen LogP) is 3.76. The number of nitrogens with zero attached hydrogens (tertiary/aromatic N) is 1. The van der Waals surface area contributed by atoms with Gasteiger partial charge in [0.25, 0.3) is 11.8 Å². The first-order chi connectivity index (χ1) is 14.5. The van der Waals surface area contributed by atoms with Crippen molar-refractivity contribution in [2.24, 2.45) is 0 Å². The second kappa shape index (κ2) is 10.8. The van der Waals surface area contributed by atoms with E-state index in [4.69, 9.17) is 16.3 Å². The number of halogens is 1. The third kappa shape index (κ3) is 6.07. The minimum atomic E-state index is -0.604. The van der Waals surface area contributed by atoms with Crippen LogP contribution >= 0.6 is 11.6 Å². The van der Waals surface area contributed by atoms with E-state index in [9.17, 15) is 14.4 Å². The molecule has 2 amide bonds. The molecule has 7 heteroatoms. The van der Waals surface area contributed by atoms with Gasteiger partial charge in [0.2, 0.25) is 0 Å². The van der Waals surface area contributed by atoms with E-state index in [1.165, 1.54) is 0 Å². The summed E-state index contributed by atoms with van der Waals surface area (Å²) in [4.78, 5) is 39.1. The van der Waals surface area contributed by atoms with Crippen molar-refractivity contribution in [1.29, 1.82) is 0 Å². The summed E-state index contributed by atoms with van der Waals surface area (Å²) in [6, 6.07) is 15.3. The van der Waals surface area contributed by atoms with Gasteiger partial charge in [-0.15, -0.1) is 0 Å². The molecule has 0 aromatic heterocycles. The van der Waals surface area contributed by atoms with Crippen LogP contribution in [0.1, 0.15) is 47.6 Å². The Morgan fingerprint density at radius 1 is 0.967 bits per heavy atom. The van der Waals surface area contributed by atoms with Crippen LogP contribution < -0.4 is 5.32 Å². The Morgan fingerprint density at radius 2 is 1.63 bits per heavy atom. The standard InChI is InChI=1S/C23H25ClN2O4/c24-19-12-6-5-11-18(19)23(29)25-20(17-9-3-1-4-10-17)15-22(28)30-16-21(27)26-13-7-2-8-14-26/h1,3-6,9-12,20H,2,7-8,13-16H2,(H,25,29). The number of likely N-dealkylation sites (tertiary alicyclic amines) is 1. The van der Waals surface area contributed by atoms with Gasteiger partial charge >= 0.3 is 5.97 Å². The van der Waals surface area contributed by atoms with Crippen LogP contribution in [0.5, 0.6) is 0 Å². The van der Waals surface area contributed by atoms with E-state index in [2.05, 4.69) is 5.32 Å². The van der Waals surface area contributed by atoms with Crippen LogP contribution in [-0.2, 0) is 14.3 Å². The third-order valence-corrected chi connectivity index (χ3v) is 5.39. The van der Waals surface area contributed by atoms with Crippen LogP contribution in [-0.4, -0.2) is 42.4 Å². The summed E-state index contributed by atoms with van der Waals surface area (Å²) in [5.74, 6) is -1.11. The van der Waals surface area contributed by atoms with E-state index in [1.807, 2.05) is 30.3 Å². The predicted molar refractivity (Wildman–Crippen MR) is 114 cm³/mol. The van der Waals surface area contributed by atoms with E-state index < -0.39 is 12.0 Å². The summed E-state index contributed by atoms with van der Waals surface area (Å²) < 4.78 is 5.21. The van der Waals surface area contributed by atoms with Gasteiger partial charge in [-0.1, -0.05) is 54.1 Å². The highest BCUT2D eigenvalue weighted by atomic mass is 35.5. The largest absolute Gasteiger partial charge is 0.455 e. The second-order valence-corrected chi connectivity index (χ2v) is 7.63. The van der Waals surface area contributed by atoms with Crippen LogP contribution in [0, 0.1) is 0 Å². The molecule has 1 aliphatic heterocycles. The number of nitrogens with one attached hydrogen (secondary N) is 1. The molecule has 0 spiro atoms. The first-order valence-corrected chi connectivity index (χ1v) is 10.5. The van der Waals surface area contributed by atoms with Gasteiger partial charge in [-0.3, -0.25) is 14.4 Å². The number of carbonyl (C=O) groups excluding carboxylic acids is 3. The molecule has 1 fully saturated rings. The topological polar surface area (TPSA) is 75.7 Å². The molecule has 2 aromatic rings. The molecule has 1 heterocycles. The Balaban J connectivity index is 1.62. The lowest BCUT2D eigenvalue weighted by molar-refractivity contribution is -0.152. The van der Waals surface area contributed by atoms with Crippen molar-refractivity contribution in [3.63, 3.8) is 0 Å². The van der Waals surface area contributed by atoms with E-state index in [0.29, 0.717) is 23.7 Å². The fraction of sp³-hybridized carbons (Fsp3) is 0.348. The molecule has 3 rings (SSSR count). The average molecular weight is 429 g/mol. The highest BCUT2D eigenvalue weighted by Gasteiger charge is 2.23. The lowest BCUT2D eigenvalue weighted by Crippen LogP contribution is -2.38. The summed E-state index contributed by atoms with van der Waals surface area (Å²) in [7, 11) is 0. The maximum atomic E-state index is 12.7. The van der Waals surface area contributed by atoms with Crippen LogP contribution in [0.25, 0.3) is 0 Å². The minimum absolute atomic E-state index is 0.0898. The van der Waals surface area contributed by atoms with Crippen molar-refractivity contribution in [2.75, 3.05) is 19.7 Å². The van der Waals surface area contributed by atoms with E-state index in [0.717, 1.165) is 24.8 Å². The molecule has 1 unspecified atom stereocenters.